The van der Waals surface area contributed by atoms with Crippen molar-refractivity contribution >= 4 is 58.0 Å². The van der Waals surface area contributed by atoms with E-state index in [1.165, 1.54) is 0 Å². The van der Waals surface area contributed by atoms with Gasteiger partial charge in [-0.2, -0.15) is 0 Å². The molecule has 0 fully saturated rings. The van der Waals surface area contributed by atoms with Crippen LogP contribution in [0.15, 0.2) is 19.8 Å². The summed E-state index contributed by atoms with van der Waals surface area (Å²) >= 11 is 27.4. The summed E-state index contributed by atoms with van der Waals surface area (Å²) in [5.41, 5.74) is 0. The van der Waals surface area contributed by atoms with Gasteiger partial charge in [0.2, 0.25) is 5.22 Å². The van der Waals surface area contributed by atoms with Crippen molar-refractivity contribution in [2.75, 3.05) is 6.61 Å². The van der Waals surface area contributed by atoms with Crippen molar-refractivity contribution in [3.8, 4) is 0 Å². The summed E-state index contributed by atoms with van der Waals surface area (Å²) in [6, 6.07) is 0. The molecule has 0 aromatic rings. The topological polar surface area (TPSA) is 9.23 Å². The second-order valence-corrected chi connectivity index (χ2v) is 3.64. The molecule has 0 bridgehead atoms. The highest BCUT2D eigenvalue weighted by atomic mass is 35.5. The lowest BCUT2D eigenvalue weighted by Crippen LogP contribution is -1.87. The molecule has 0 saturated heterocycles. The van der Waals surface area contributed by atoms with Crippen LogP contribution < -0.4 is 0 Å². The van der Waals surface area contributed by atoms with Crippen LogP contribution in [0.1, 0.15) is 6.92 Å². The molecule has 0 saturated carbocycles. The van der Waals surface area contributed by atoms with E-state index in [1.54, 1.807) is 6.92 Å². The number of hydrogen-bond acceptors (Lipinski definition) is 1. The van der Waals surface area contributed by atoms with Crippen molar-refractivity contribution in [3.63, 3.8) is 0 Å². The molecule has 0 unspecified atom stereocenters. The molecule has 0 aliphatic carbocycles. The maximum atomic E-state index is 5.62. The fourth-order valence-electron chi connectivity index (χ4n) is 0.359. The molecule has 0 amide bonds. The Morgan fingerprint density at radius 3 is 1.83 bits per heavy atom. The molecule has 0 spiro atoms. The highest BCUT2D eigenvalue weighted by Crippen LogP contribution is 2.31. The van der Waals surface area contributed by atoms with Crippen molar-refractivity contribution in [1.29, 1.82) is 0 Å². The summed E-state index contributed by atoms with van der Waals surface area (Å²) in [5.74, 6) is 0. The van der Waals surface area contributed by atoms with Gasteiger partial charge in [0, 0.05) is 0 Å². The van der Waals surface area contributed by atoms with Gasteiger partial charge in [-0.1, -0.05) is 46.4 Å². The number of ether oxygens (including phenoxy) is 1. The summed E-state index contributed by atoms with van der Waals surface area (Å²) in [5, 5.41) is -0.0541. The first-order chi connectivity index (χ1) is 5.50. The van der Waals surface area contributed by atoms with E-state index in [0.717, 1.165) is 0 Å². The van der Waals surface area contributed by atoms with Gasteiger partial charge in [-0.25, -0.2) is 0 Å². The zero-order chi connectivity index (χ0) is 9.72. The van der Waals surface area contributed by atoms with Crippen LogP contribution in [-0.4, -0.2) is 6.61 Å². The van der Waals surface area contributed by atoms with Crippen LogP contribution in [0.25, 0.3) is 0 Å². The van der Waals surface area contributed by atoms with E-state index in [9.17, 15) is 0 Å². The first-order valence-electron chi connectivity index (χ1n) is 2.89. The summed E-state index contributed by atoms with van der Waals surface area (Å²) in [7, 11) is 0. The molecule has 0 aromatic heterocycles. The first kappa shape index (κ1) is 12.7. The van der Waals surface area contributed by atoms with Gasteiger partial charge in [0.15, 0.2) is 0 Å². The number of allylic oxidation sites excluding steroid dienone is 2. The molecule has 0 N–H and O–H groups in total. The Balaban J connectivity index is 4.67. The average Bonchev–Trinajstić information content (AvgIpc) is 2.02. The normalized spacial score (nSPS) is 12.2. The molecule has 6 heteroatoms. The zero-order valence-corrected chi connectivity index (χ0v) is 9.78. The molecular formula is C6H5Cl5O. The predicted molar refractivity (Wildman–Crippen MR) is 54.9 cm³/mol. The summed E-state index contributed by atoms with van der Waals surface area (Å²) < 4.78 is 4.70. The van der Waals surface area contributed by atoms with Crippen molar-refractivity contribution in [2.24, 2.45) is 0 Å². The lowest BCUT2D eigenvalue weighted by molar-refractivity contribution is 0.254. The highest BCUT2D eigenvalue weighted by Gasteiger charge is 2.10. The molecule has 1 nitrogen and oxygen atoms in total. The van der Waals surface area contributed by atoms with E-state index in [2.05, 4.69) is 0 Å². The summed E-state index contributed by atoms with van der Waals surface area (Å²) in [4.78, 5) is 0. The van der Waals surface area contributed by atoms with Crippen molar-refractivity contribution in [3.05, 3.63) is 19.8 Å². The van der Waals surface area contributed by atoms with E-state index in [1.807, 2.05) is 0 Å². The number of halogens is 5. The summed E-state index contributed by atoms with van der Waals surface area (Å²) in [6.07, 6.45) is 0. The number of hydrogen-bond donors (Lipinski definition) is 0. The SMILES string of the molecule is CCOC(Cl)=C(Cl)C(Cl)=C(Cl)Cl. The third kappa shape index (κ3) is 4.11. The Morgan fingerprint density at radius 1 is 1.00 bits per heavy atom. The minimum atomic E-state index is -0.153. The molecule has 70 valence electrons. The molecule has 0 aliphatic rings. The van der Waals surface area contributed by atoms with E-state index in [-0.39, 0.29) is 19.8 Å². The van der Waals surface area contributed by atoms with E-state index >= 15 is 0 Å². The molecule has 0 aliphatic heterocycles. The van der Waals surface area contributed by atoms with Crippen LogP contribution in [0.5, 0.6) is 0 Å². The third-order valence-electron chi connectivity index (χ3n) is 0.802. The van der Waals surface area contributed by atoms with Crippen LogP contribution in [-0.2, 0) is 4.74 Å². The number of rotatable bonds is 3. The zero-order valence-electron chi connectivity index (χ0n) is 6.01. The largest absolute Gasteiger partial charge is 0.482 e. The molecular weight excluding hydrogens is 265 g/mol. The predicted octanol–water partition coefficient (Wildman–Crippen LogP) is 4.56. The van der Waals surface area contributed by atoms with Gasteiger partial charge in [0.05, 0.1) is 11.6 Å². The van der Waals surface area contributed by atoms with Gasteiger partial charge in [-0.05, 0) is 18.5 Å². The fraction of sp³-hybridized carbons (Fsp3) is 0.333. The van der Waals surface area contributed by atoms with Crippen LogP contribution in [0, 0.1) is 0 Å². The maximum Gasteiger partial charge on any atom is 0.207 e. The van der Waals surface area contributed by atoms with Crippen LogP contribution >= 0.6 is 58.0 Å². The molecule has 12 heavy (non-hydrogen) atoms. The lowest BCUT2D eigenvalue weighted by atomic mass is 10.6. The Bertz CT molecular complexity index is 216. The third-order valence-corrected chi connectivity index (χ3v) is 2.60. The van der Waals surface area contributed by atoms with Gasteiger partial charge in [0.1, 0.15) is 9.52 Å². The van der Waals surface area contributed by atoms with Gasteiger partial charge in [0.25, 0.3) is 0 Å². The van der Waals surface area contributed by atoms with Crippen molar-refractivity contribution in [1.82, 2.24) is 0 Å². The average molecular weight is 270 g/mol. The Labute approximate surface area is 95.8 Å². The van der Waals surface area contributed by atoms with E-state index in [4.69, 9.17) is 62.7 Å². The Morgan fingerprint density at radius 2 is 1.50 bits per heavy atom. The molecule has 0 atom stereocenters. The van der Waals surface area contributed by atoms with Gasteiger partial charge < -0.3 is 4.74 Å². The second kappa shape index (κ2) is 6.22. The minimum absolute atomic E-state index is 0.000170. The lowest BCUT2D eigenvalue weighted by Gasteiger charge is -2.03. The Kier molecular flexibility index (Phi) is 6.60. The van der Waals surface area contributed by atoms with Crippen LogP contribution in [0.3, 0.4) is 0 Å². The standard InChI is InChI=1S/C6H5Cl5O/c1-2-12-6(11)4(8)3(7)5(9)10/h2H2,1H3. The molecule has 0 aromatic carbocycles. The maximum absolute atomic E-state index is 5.62. The molecule has 0 heterocycles. The first-order valence-corrected chi connectivity index (χ1v) is 4.78. The fourth-order valence-corrected chi connectivity index (χ4v) is 1.13. The van der Waals surface area contributed by atoms with E-state index in [0.29, 0.717) is 6.61 Å². The summed E-state index contributed by atoms with van der Waals surface area (Å²) in [6.45, 7) is 2.14. The molecule has 0 rings (SSSR count). The smallest absolute Gasteiger partial charge is 0.207 e. The van der Waals surface area contributed by atoms with Crippen LogP contribution in [0.2, 0.25) is 0 Å². The van der Waals surface area contributed by atoms with Gasteiger partial charge in [-0.15, -0.1) is 0 Å². The van der Waals surface area contributed by atoms with Crippen molar-refractivity contribution < 1.29 is 4.74 Å². The monoisotopic (exact) mass is 268 g/mol. The van der Waals surface area contributed by atoms with Crippen LogP contribution in [0.4, 0.5) is 0 Å². The molecule has 0 radical (unpaired) electrons. The highest BCUT2D eigenvalue weighted by molar-refractivity contribution is 6.62. The second-order valence-electron chi connectivity index (χ2n) is 1.60. The van der Waals surface area contributed by atoms with Crippen molar-refractivity contribution in [2.45, 2.75) is 6.92 Å². The van der Waals surface area contributed by atoms with E-state index < -0.39 is 0 Å². The quantitative estimate of drug-likeness (QED) is 0.540. The van der Waals surface area contributed by atoms with Gasteiger partial charge in [-0.3, -0.25) is 0 Å². The van der Waals surface area contributed by atoms with Gasteiger partial charge >= 0.3 is 0 Å². The Hall–Kier alpha value is 0.730. The minimum Gasteiger partial charge on any atom is -0.482 e.